The molecule has 3 rings (SSSR count). The molecule has 8 heteroatoms. The number of aromatic nitrogens is 2. The second kappa shape index (κ2) is 8.11. The summed E-state index contributed by atoms with van der Waals surface area (Å²) in [4.78, 5) is 48.1. The van der Waals surface area contributed by atoms with Crippen molar-refractivity contribution in [2.75, 3.05) is 25.5 Å². The van der Waals surface area contributed by atoms with Crippen LogP contribution in [-0.4, -0.2) is 53.4 Å². The van der Waals surface area contributed by atoms with E-state index in [1.165, 1.54) is 30.5 Å². The predicted molar refractivity (Wildman–Crippen MR) is 101 cm³/mol. The number of hydrogen-bond donors (Lipinski definition) is 1. The van der Waals surface area contributed by atoms with Crippen molar-refractivity contribution >= 4 is 29.9 Å². The van der Waals surface area contributed by atoms with Crippen LogP contribution in [0.5, 0.6) is 0 Å². The second-order valence-electron chi connectivity index (χ2n) is 6.84. The van der Waals surface area contributed by atoms with Gasteiger partial charge in [-0.25, -0.2) is 14.8 Å². The van der Waals surface area contributed by atoms with Crippen LogP contribution in [0.3, 0.4) is 0 Å². The molecule has 0 unspecified atom stereocenters. The number of nitrogens with one attached hydrogen (secondary N) is 1. The van der Waals surface area contributed by atoms with Crippen molar-refractivity contribution < 1.29 is 14.4 Å². The fraction of sp³-hybridized carbons (Fsp3) is 0.421. The molecule has 1 N–H and O–H groups in total. The number of nitrogens with zero attached hydrogens (tertiary/aromatic N) is 4. The number of amides is 4. The molecule has 1 aromatic heterocycles. The van der Waals surface area contributed by atoms with E-state index < -0.39 is 17.8 Å². The van der Waals surface area contributed by atoms with Crippen LogP contribution in [-0.2, 0) is 9.59 Å². The summed E-state index contributed by atoms with van der Waals surface area (Å²) in [6, 6.07) is -0.669. The predicted octanol–water partition coefficient (Wildman–Crippen LogP) is 1.89. The van der Waals surface area contributed by atoms with Gasteiger partial charge in [0.25, 0.3) is 11.8 Å². The molecule has 8 nitrogen and oxygen atoms in total. The van der Waals surface area contributed by atoms with Gasteiger partial charge in [0.15, 0.2) is 0 Å². The number of anilines is 1. The minimum atomic E-state index is -0.699. The average Bonchev–Trinajstić information content (AvgIpc) is 2.66. The van der Waals surface area contributed by atoms with Crippen LogP contribution in [0.1, 0.15) is 37.7 Å². The van der Waals surface area contributed by atoms with Gasteiger partial charge in [-0.05, 0) is 38.2 Å². The highest BCUT2D eigenvalue weighted by Crippen LogP contribution is 2.22. The minimum absolute atomic E-state index is 0.0894. The summed E-state index contributed by atoms with van der Waals surface area (Å²) >= 11 is 0. The highest BCUT2D eigenvalue weighted by Gasteiger charge is 2.35. The van der Waals surface area contributed by atoms with E-state index in [1.54, 1.807) is 4.90 Å². The number of carbonyl (C=O) groups is 3. The standard InChI is InChI=1S/C19H23N5O3/c1-23(2)18-20-11-14(12-21-18)10-15-16(25)22-19(27)24(17(15)26)9-8-13-6-4-3-5-7-13/h6,10-12H,3-5,7-9H2,1-2H3,(H,22,25,27)/b15-10-. The lowest BCUT2D eigenvalue weighted by molar-refractivity contribution is -0.130. The molecule has 0 saturated carbocycles. The normalized spacial score (nSPS) is 19.2. The first-order valence-electron chi connectivity index (χ1n) is 9.02. The van der Waals surface area contributed by atoms with E-state index >= 15 is 0 Å². The molecule has 27 heavy (non-hydrogen) atoms. The number of barbiturate groups is 1. The number of carbonyl (C=O) groups excluding carboxylic acids is 3. The number of rotatable bonds is 5. The Morgan fingerprint density at radius 3 is 2.56 bits per heavy atom. The van der Waals surface area contributed by atoms with Gasteiger partial charge in [-0.2, -0.15) is 0 Å². The van der Waals surface area contributed by atoms with Gasteiger partial charge in [-0.1, -0.05) is 11.6 Å². The van der Waals surface area contributed by atoms with Crippen molar-refractivity contribution in [3.8, 4) is 0 Å². The lowest BCUT2D eigenvalue weighted by Crippen LogP contribution is -2.54. The van der Waals surface area contributed by atoms with Crippen molar-refractivity contribution in [3.05, 3.63) is 35.2 Å². The van der Waals surface area contributed by atoms with E-state index in [0.29, 0.717) is 17.9 Å². The van der Waals surface area contributed by atoms with Crippen LogP contribution in [0.25, 0.3) is 6.08 Å². The van der Waals surface area contributed by atoms with Crippen LogP contribution >= 0.6 is 0 Å². The molecule has 1 aromatic rings. The maximum atomic E-state index is 12.7. The summed E-state index contributed by atoms with van der Waals surface area (Å²) < 4.78 is 0. The monoisotopic (exact) mass is 369 g/mol. The van der Waals surface area contributed by atoms with E-state index in [2.05, 4.69) is 21.4 Å². The molecule has 0 bridgehead atoms. The maximum Gasteiger partial charge on any atom is 0.331 e. The van der Waals surface area contributed by atoms with Crippen molar-refractivity contribution in [2.24, 2.45) is 0 Å². The fourth-order valence-corrected chi connectivity index (χ4v) is 3.09. The summed E-state index contributed by atoms with van der Waals surface area (Å²) in [6.45, 7) is 0.261. The zero-order valence-electron chi connectivity index (χ0n) is 15.6. The first-order valence-corrected chi connectivity index (χ1v) is 9.02. The topological polar surface area (TPSA) is 95.5 Å². The van der Waals surface area contributed by atoms with Crippen molar-refractivity contribution in [2.45, 2.75) is 32.1 Å². The van der Waals surface area contributed by atoms with Gasteiger partial charge in [0.2, 0.25) is 5.95 Å². The van der Waals surface area contributed by atoms with Crippen LogP contribution in [0.4, 0.5) is 10.7 Å². The van der Waals surface area contributed by atoms with Crippen molar-refractivity contribution in [3.63, 3.8) is 0 Å². The molecule has 0 spiro atoms. The Kier molecular flexibility index (Phi) is 5.63. The smallest absolute Gasteiger partial charge is 0.331 e. The number of hydrogen-bond acceptors (Lipinski definition) is 6. The summed E-state index contributed by atoms with van der Waals surface area (Å²) in [6.07, 6.45) is 11.7. The molecule has 1 aliphatic carbocycles. The van der Waals surface area contributed by atoms with Crippen LogP contribution in [0.2, 0.25) is 0 Å². The molecule has 0 atom stereocenters. The van der Waals surface area contributed by atoms with Crippen molar-refractivity contribution in [1.82, 2.24) is 20.2 Å². The van der Waals surface area contributed by atoms with E-state index in [-0.39, 0.29) is 12.1 Å². The molecule has 0 radical (unpaired) electrons. The Bertz CT molecular complexity index is 811. The molecular weight excluding hydrogens is 346 g/mol. The zero-order chi connectivity index (χ0) is 19.4. The molecule has 1 aliphatic heterocycles. The number of allylic oxidation sites excluding steroid dienone is 1. The van der Waals surface area contributed by atoms with E-state index in [1.807, 2.05) is 14.1 Å². The lowest BCUT2D eigenvalue weighted by Gasteiger charge is -2.27. The fourth-order valence-electron chi connectivity index (χ4n) is 3.09. The van der Waals surface area contributed by atoms with Crippen LogP contribution in [0.15, 0.2) is 29.6 Å². The molecule has 1 fully saturated rings. The Morgan fingerprint density at radius 1 is 1.19 bits per heavy atom. The maximum absolute atomic E-state index is 12.7. The van der Waals surface area contributed by atoms with Gasteiger partial charge in [0.1, 0.15) is 5.57 Å². The van der Waals surface area contributed by atoms with Crippen LogP contribution in [0, 0.1) is 0 Å². The summed E-state index contributed by atoms with van der Waals surface area (Å²) in [5, 5.41) is 2.24. The van der Waals surface area contributed by atoms with Gasteiger partial charge in [0, 0.05) is 38.6 Å². The first-order chi connectivity index (χ1) is 13.0. The third-order valence-electron chi connectivity index (χ3n) is 4.60. The third-order valence-corrected chi connectivity index (χ3v) is 4.60. The van der Waals surface area contributed by atoms with Gasteiger partial charge < -0.3 is 4.90 Å². The Hall–Kier alpha value is -3.03. The molecule has 142 valence electrons. The first kappa shape index (κ1) is 18.8. The summed E-state index contributed by atoms with van der Waals surface area (Å²) in [7, 11) is 3.63. The third kappa shape index (κ3) is 4.39. The molecule has 4 amide bonds. The Morgan fingerprint density at radius 2 is 1.93 bits per heavy atom. The average molecular weight is 369 g/mol. The minimum Gasteiger partial charge on any atom is -0.347 e. The molecule has 2 aliphatic rings. The highest BCUT2D eigenvalue weighted by molar-refractivity contribution is 6.30. The molecular formula is C19H23N5O3. The highest BCUT2D eigenvalue weighted by atomic mass is 16.2. The summed E-state index contributed by atoms with van der Waals surface area (Å²) in [5.41, 5.74) is 1.69. The molecule has 0 aromatic carbocycles. The lowest BCUT2D eigenvalue weighted by atomic mass is 9.97. The molecule has 2 heterocycles. The van der Waals surface area contributed by atoms with Gasteiger partial charge >= 0.3 is 6.03 Å². The SMILES string of the molecule is CN(C)c1ncc(/C=C2/C(=O)NC(=O)N(CCC3=CCCCC3)C2=O)cn1. The van der Waals surface area contributed by atoms with Gasteiger partial charge in [0.05, 0.1) is 0 Å². The Labute approximate surface area is 158 Å². The second-order valence-corrected chi connectivity index (χ2v) is 6.84. The van der Waals surface area contributed by atoms with E-state index in [4.69, 9.17) is 0 Å². The van der Waals surface area contributed by atoms with Crippen LogP contribution < -0.4 is 10.2 Å². The number of imide groups is 2. The van der Waals surface area contributed by atoms with Crippen molar-refractivity contribution in [1.29, 1.82) is 0 Å². The Balaban J connectivity index is 1.76. The molecule has 1 saturated heterocycles. The van der Waals surface area contributed by atoms with E-state index in [0.717, 1.165) is 24.2 Å². The van der Waals surface area contributed by atoms with Gasteiger partial charge in [-0.15, -0.1) is 0 Å². The quantitative estimate of drug-likeness (QED) is 0.484. The van der Waals surface area contributed by atoms with E-state index in [9.17, 15) is 14.4 Å². The zero-order valence-corrected chi connectivity index (χ0v) is 15.6. The largest absolute Gasteiger partial charge is 0.347 e. The number of urea groups is 1. The van der Waals surface area contributed by atoms with Gasteiger partial charge in [-0.3, -0.25) is 19.8 Å². The summed E-state index contributed by atoms with van der Waals surface area (Å²) in [5.74, 6) is -0.763.